The molecule has 1 N–H and O–H groups in total. The molecule has 0 fully saturated rings. The normalized spacial score (nSPS) is 11.2. The molecule has 0 saturated carbocycles. The van der Waals surface area contributed by atoms with Gasteiger partial charge in [0, 0.05) is 19.5 Å². The van der Waals surface area contributed by atoms with Gasteiger partial charge < -0.3 is 14.6 Å². The molecule has 0 unspecified atom stereocenters. The van der Waals surface area contributed by atoms with Gasteiger partial charge in [-0.1, -0.05) is 17.7 Å². The van der Waals surface area contributed by atoms with Gasteiger partial charge in [0.1, 0.15) is 11.6 Å². The van der Waals surface area contributed by atoms with Gasteiger partial charge in [0.2, 0.25) is 0 Å². The maximum Gasteiger partial charge on any atom is 0.119 e. The zero-order chi connectivity index (χ0) is 18.5. The molecule has 0 saturated heterocycles. The lowest BCUT2D eigenvalue weighted by atomic mass is 10.1. The highest BCUT2D eigenvalue weighted by Gasteiger charge is 2.11. The second-order valence-corrected chi connectivity index (χ2v) is 6.97. The van der Waals surface area contributed by atoms with Gasteiger partial charge in [-0.3, -0.25) is 0 Å². The summed E-state index contributed by atoms with van der Waals surface area (Å²) in [5.74, 6) is 2.09. The van der Waals surface area contributed by atoms with Gasteiger partial charge >= 0.3 is 0 Å². The molecule has 0 amide bonds. The van der Waals surface area contributed by atoms with Crippen molar-refractivity contribution >= 4 is 11.0 Å². The van der Waals surface area contributed by atoms with E-state index in [0.29, 0.717) is 6.61 Å². The van der Waals surface area contributed by atoms with Gasteiger partial charge in [-0.15, -0.1) is 0 Å². The van der Waals surface area contributed by atoms with Crippen molar-refractivity contribution in [3.8, 4) is 5.75 Å². The Balaban J connectivity index is 1.72. The standard InChI is InChI=1S/C22H29N3O/c1-16-6-8-19(9-7-16)26-13-5-12-25-21-15-18(3)17(2)14-20(21)24-22(25)10-11-23-4/h6-9,14-15,23H,5,10-13H2,1-4H3. The lowest BCUT2D eigenvalue weighted by Gasteiger charge is -2.11. The summed E-state index contributed by atoms with van der Waals surface area (Å²) in [5.41, 5.74) is 6.19. The molecule has 3 aromatic rings. The van der Waals surface area contributed by atoms with Crippen molar-refractivity contribution in [2.24, 2.45) is 0 Å². The number of likely N-dealkylation sites (N-methyl/N-ethyl adjacent to an activating group) is 1. The van der Waals surface area contributed by atoms with E-state index in [0.717, 1.165) is 43.0 Å². The first kappa shape index (κ1) is 18.5. The number of aryl methyl sites for hydroxylation is 4. The summed E-state index contributed by atoms with van der Waals surface area (Å²) in [7, 11) is 1.98. The summed E-state index contributed by atoms with van der Waals surface area (Å²) >= 11 is 0. The van der Waals surface area contributed by atoms with E-state index in [2.05, 4.69) is 54.9 Å². The van der Waals surface area contributed by atoms with Gasteiger partial charge in [0.05, 0.1) is 17.6 Å². The van der Waals surface area contributed by atoms with Crippen LogP contribution in [-0.4, -0.2) is 29.8 Å². The number of nitrogens with one attached hydrogen (secondary N) is 1. The zero-order valence-corrected chi connectivity index (χ0v) is 16.3. The fourth-order valence-electron chi connectivity index (χ4n) is 3.15. The average Bonchev–Trinajstić information content (AvgIpc) is 2.95. The summed E-state index contributed by atoms with van der Waals surface area (Å²) < 4.78 is 8.25. The molecule has 26 heavy (non-hydrogen) atoms. The molecule has 3 rings (SSSR count). The predicted molar refractivity (Wildman–Crippen MR) is 108 cm³/mol. The van der Waals surface area contributed by atoms with E-state index in [1.54, 1.807) is 0 Å². The van der Waals surface area contributed by atoms with Crippen LogP contribution in [0.15, 0.2) is 36.4 Å². The van der Waals surface area contributed by atoms with Crippen LogP contribution < -0.4 is 10.1 Å². The van der Waals surface area contributed by atoms with E-state index >= 15 is 0 Å². The van der Waals surface area contributed by atoms with Crippen LogP contribution in [-0.2, 0) is 13.0 Å². The monoisotopic (exact) mass is 351 g/mol. The fourth-order valence-corrected chi connectivity index (χ4v) is 3.15. The molecule has 0 aliphatic rings. The Morgan fingerprint density at radius 1 is 1.04 bits per heavy atom. The number of aromatic nitrogens is 2. The largest absolute Gasteiger partial charge is 0.494 e. The van der Waals surface area contributed by atoms with Crippen molar-refractivity contribution in [3.63, 3.8) is 0 Å². The molecule has 2 aromatic carbocycles. The molecule has 138 valence electrons. The van der Waals surface area contributed by atoms with E-state index in [4.69, 9.17) is 9.72 Å². The van der Waals surface area contributed by atoms with Crippen molar-refractivity contribution < 1.29 is 4.74 Å². The second-order valence-electron chi connectivity index (χ2n) is 6.97. The quantitative estimate of drug-likeness (QED) is 0.619. The number of hydrogen-bond donors (Lipinski definition) is 1. The highest BCUT2D eigenvalue weighted by atomic mass is 16.5. The summed E-state index contributed by atoms with van der Waals surface area (Å²) in [6.07, 6.45) is 1.89. The number of nitrogens with zero attached hydrogens (tertiary/aromatic N) is 2. The molecule has 0 aliphatic carbocycles. The third-order valence-electron chi connectivity index (χ3n) is 4.86. The molecule has 4 heteroatoms. The van der Waals surface area contributed by atoms with Crippen molar-refractivity contribution in [1.29, 1.82) is 0 Å². The summed E-state index contributed by atoms with van der Waals surface area (Å²) in [6, 6.07) is 12.7. The number of rotatable bonds is 8. The van der Waals surface area contributed by atoms with E-state index in [1.807, 2.05) is 19.2 Å². The Morgan fingerprint density at radius 3 is 2.50 bits per heavy atom. The first-order chi connectivity index (χ1) is 12.6. The number of fused-ring (bicyclic) bond motifs is 1. The average molecular weight is 351 g/mol. The summed E-state index contributed by atoms with van der Waals surface area (Å²) in [5, 5.41) is 3.23. The molecule has 0 radical (unpaired) electrons. The fraction of sp³-hybridized carbons (Fsp3) is 0.409. The van der Waals surface area contributed by atoms with E-state index in [9.17, 15) is 0 Å². The number of imidazole rings is 1. The van der Waals surface area contributed by atoms with E-state index in [-0.39, 0.29) is 0 Å². The molecule has 0 bridgehead atoms. The smallest absolute Gasteiger partial charge is 0.119 e. The zero-order valence-electron chi connectivity index (χ0n) is 16.3. The minimum Gasteiger partial charge on any atom is -0.494 e. The van der Waals surface area contributed by atoms with Crippen LogP contribution >= 0.6 is 0 Å². The van der Waals surface area contributed by atoms with Gasteiger partial charge in [-0.25, -0.2) is 4.98 Å². The first-order valence-corrected chi connectivity index (χ1v) is 9.39. The maximum absolute atomic E-state index is 5.89. The third kappa shape index (κ3) is 4.25. The number of ether oxygens (including phenoxy) is 1. The molecular formula is C22H29N3O. The SMILES string of the molecule is CNCCc1nc2cc(C)c(C)cc2n1CCCOc1ccc(C)cc1. The van der Waals surface area contributed by atoms with E-state index in [1.165, 1.54) is 22.2 Å². The van der Waals surface area contributed by atoms with Crippen LogP contribution in [0.1, 0.15) is 28.9 Å². The van der Waals surface area contributed by atoms with E-state index < -0.39 is 0 Å². The minimum atomic E-state index is 0.707. The molecular weight excluding hydrogens is 322 g/mol. The Morgan fingerprint density at radius 2 is 1.77 bits per heavy atom. The highest BCUT2D eigenvalue weighted by Crippen LogP contribution is 2.22. The van der Waals surface area contributed by atoms with Crippen LogP contribution in [0.3, 0.4) is 0 Å². The van der Waals surface area contributed by atoms with Gasteiger partial charge in [0.15, 0.2) is 0 Å². The molecule has 0 spiro atoms. The molecule has 1 aromatic heterocycles. The van der Waals surface area contributed by atoms with Crippen LogP contribution in [0.2, 0.25) is 0 Å². The molecule has 1 heterocycles. The lowest BCUT2D eigenvalue weighted by molar-refractivity contribution is 0.301. The van der Waals surface area contributed by atoms with Gasteiger partial charge in [-0.05, 0) is 69.6 Å². The molecule has 0 aliphatic heterocycles. The van der Waals surface area contributed by atoms with Gasteiger partial charge in [0.25, 0.3) is 0 Å². The van der Waals surface area contributed by atoms with Crippen molar-refractivity contribution in [2.75, 3.05) is 20.2 Å². The van der Waals surface area contributed by atoms with Crippen LogP contribution in [0.4, 0.5) is 0 Å². The Bertz CT molecular complexity index is 865. The predicted octanol–water partition coefficient (Wildman–Crippen LogP) is 4.19. The lowest BCUT2D eigenvalue weighted by Crippen LogP contribution is -2.15. The third-order valence-corrected chi connectivity index (χ3v) is 4.86. The van der Waals surface area contributed by atoms with Crippen molar-refractivity contribution in [3.05, 3.63) is 58.9 Å². The Labute approximate surface area is 156 Å². The topological polar surface area (TPSA) is 39.1 Å². The number of benzene rings is 2. The Hall–Kier alpha value is -2.33. The van der Waals surface area contributed by atoms with Crippen LogP contribution in [0.5, 0.6) is 5.75 Å². The Kier molecular flexibility index (Phi) is 5.94. The van der Waals surface area contributed by atoms with Crippen molar-refractivity contribution in [1.82, 2.24) is 14.9 Å². The highest BCUT2D eigenvalue weighted by molar-refractivity contribution is 5.78. The summed E-state index contributed by atoms with van der Waals surface area (Å²) in [4.78, 5) is 4.88. The van der Waals surface area contributed by atoms with Crippen LogP contribution in [0.25, 0.3) is 11.0 Å². The van der Waals surface area contributed by atoms with Crippen LogP contribution in [0, 0.1) is 20.8 Å². The number of hydrogen-bond acceptors (Lipinski definition) is 3. The molecule has 0 atom stereocenters. The second kappa shape index (κ2) is 8.37. The minimum absolute atomic E-state index is 0.707. The van der Waals surface area contributed by atoms with Crippen molar-refractivity contribution in [2.45, 2.75) is 40.2 Å². The summed E-state index contributed by atoms with van der Waals surface area (Å²) in [6.45, 7) is 8.96. The first-order valence-electron chi connectivity index (χ1n) is 9.39. The van der Waals surface area contributed by atoms with Gasteiger partial charge in [-0.2, -0.15) is 0 Å². The molecule has 4 nitrogen and oxygen atoms in total. The maximum atomic E-state index is 5.89.